The molecule has 0 saturated carbocycles. The Morgan fingerprint density at radius 3 is 2.62 bits per heavy atom. The third kappa shape index (κ3) is 8.07. The summed E-state index contributed by atoms with van der Waals surface area (Å²) in [6.45, 7) is 3.60. The lowest BCUT2D eigenvalue weighted by atomic mass is 10.1. The first-order chi connectivity index (χ1) is 20.1. The number of esters is 1. The summed E-state index contributed by atoms with van der Waals surface area (Å²) in [5.74, 6) is -2.10. The summed E-state index contributed by atoms with van der Waals surface area (Å²) in [4.78, 5) is 64.0. The minimum Gasteiger partial charge on any atom is -0.433 e. The number of nitrogens with zero attached hydrogens (tertiary/aromatic N) is 1. The van der Waals surface area contributed by atoms with Crippen LogP contribution in [0.2, 0.25) is 5.02 Å². The van der Waals surface area contributed by atoms with E-state index in [1.54, 1.807) is 6.92 Å². The summed E-state index contributed by atoms with van der Waals surface area (Å²) in [5, 5.41) is 8.24. The number of aryl methyl sites for hydroxylation is 1. The van der Waals surface area contributed by atoms with Gasteiger partial charge in [-0.1, -0.05) is 41.9 Å². The lowest BCUT2D eigenvalue weighted by molar-refractivity contribution is -0.165. The van der Waals surface area contributed by atoms with E-state index in [1.165, 1.54) is 35.6 Å². The highest BCUT2D eigenvalue weighted by atomic mass is 35.5. The molecule has 2 aliphatic rings. The van der Waals surface area contributed by atoms with Gasteiger partial charge in [-0.3, -0.25) is 24.0 Å². The predicted molar refractivity (Wildman–Crippen MR) is 155 cm³/mol. The van der Waals surface area contributed by atoms with E-state index < -0.39 is 48.1 Å². The van der Waals surface area contributed by atoms with Crippen molar-refractivity contribution >= 4 is 46.9 Å². The third-order valence-electron chi connectivity index (χ3n) is 7.12. The van der Waals surface area contributed by atoms with Crippen molar-refractivity contribution in [3.8, 4) is 0 Å². The van der Waals surface area contributed by atoms with E-state index in [9.17, 15) is 24.0 Å². The van der Waals surface area contributed by atoms with Gasteiger partial charge in [0.05, 0.1) is 23.7 Å². The number of halogens is 1. The van der Waals surface area contributed by atoms with Crippen molar-refractivity contribution < 1.29 is 33.4 Å². The van der Waals surface area contributed by atoms with Gasteiger partial charge in [0.1, 0.15) is 18.1 Å². The number of benzene rings is 2. The van der Waals surface area contributed by atoms with Crippen molar-refractivity contribution in [1.82, 2.24) is 15.5 Å². The van der Waals surface area contributed by atoms with Gasteiger partial charge < -0.3 is 30.3 Å². The van der Waals surface area contributed by atoms with Gasteiger partial charge in [0.15, 0.2) is 0 Å². The second-order valence-electron chi connectivity index (χ2n) is 10.4. The van der Waals surface area contributed by atoms with E-state index in [4.69, 9.17) is 21.1 Å². The number of cyclic esters (lactones) is 1. The molecule has 2 aliphatic heterocycles. The number of rotatable bonds is 11. The van der Waals surface area contributed by atoms with Crippen LogP contribution in [0.15, 0.2) is 48.5 Å². The van der Waals surface area contributed by atoms with Crippen molar-refractivity contribution in [1.29, 1.82) is 0 Å². The van der Waals surface area contributed by atoms with Crippen LogP contribution in [0.25, 0.3) is 0 Å². The van der Waals surface area contributed by atoms with Crippen molar-refractivity contribution in [2.24, 2.45) is 0 Å². The minimum atomic E-state index is -0.920. The SMILES string of the molecule is CC(=O)Nc1ccc(C(=O)N[C@@H](C)C(=O)N2CCC[C@H]2C(=O)N[C@H]2CC(=O)O[C@H]2OCCCc2ccccc2)cc1Cl. The van der Waals surface area contributed by atoms with Gasteiger partial charge >= 0.3 is 5.97 Å². The van der Waals surface area contributed by atoms with Crippen molar-refractivity contribution in [2.45, 2.75) is 70.4 Å². The van der Waals surface area contributed by atoms with Crippen molar-refractivity contribution in [2.75, 3.05) is 18.5 Å². The fourth-order valence-electron chi connectivity index (χ4n) is 5.05. The Bertz CT molecular complexity index is 1320. The number of likely N-dealkylation sites (tertiary alicyclic amines) is 1. The van der Waals surface area contributed by atoms with Crippen LogP contribution in [0.3, 0.4) is 0 Å². The summed E-state index contributed by atoms with van der Waals surface area (Å²) in [6, 6.07) is 12.0. The Morgan fingerprint density at radius 1 is 1.14 bits per heavy atom. The van der Waals surface area contributed by atoms with E-state index in [2.05, 4.69) is 16.0 Å². The van der Waals surface area contributed by atoms with E-state index in [0.29, 0.717) is 31.7 Å². The first kappa shape index (κ1) is 31.0. The van der Waals surface area contributed by atoms with Gasteiger partial charge in [0, 0.05) is 19.0 Å². The molecule has 4 rings (SSSR count). The smallest absolute Gasteiger partial charge is 0.310 e. The number of hydrogen-bond acceptors (Lipinski definition) is 7. The number of carbonyl (C=O) groups excluding carboxylic acids is 5. The Kier molecular flexibility index (Phi) is 10.5. The molecule has 0 aliphatic carbocycles. The van der Waals surface area contributed by atoms with Gasteiger partial charge in [-0.25, -0.2) is 0 Å². The number of amides is 4. The van der Waals surface area contributed by atoms with Crippen LogP contribution in [0.1, 0.15) is 55.5 Å². The molecule has 0 spiro atoms. The van der Waals surface area contributed by atoms with Crippen molar-refractivity contribution in [3.05, 3.63) is 64.7 Å². The summed E-state index contributed by atoms with van der Waals surface area (Å²) in [5.41, 5.74) is 1.75. The van der Waals surface area contributed by atoms with Crippen LogP contribution in [0, 0.1) is 0 Å². The molecule has 2 fully saturated rings. The van der Waals surface area contributed by atoms with Gasteiger partial charge in [0.25, 0.3) is 5.91 Å². The zero-order chi connectivity index (χ0) is 30.2. The number of nitrogens with one attached hydrogen (secondary N) is 3. The topological polar surface area (TPSA) is 143 Å². The first-order valence-corrected chi connectivity index (χ1v) is 14.3. The van der Waals surface area contributed by atoms with Crippen LogP contribution < -0.4 is 16.0 Å². The Morgan fingerprint density at radius 2 is 1.90 bits per heavy atom. The van der Waals surface area contributed by atoms with E-state index >= 15 is 0 Å². The molecule has 4 amide bonds. The molecule has 0 radical (unpaired) electrons. The molecule has 3 N–H and O–H groups in total. The predicted octanol–water partition coefficient (Wildman–Crippen LogP) is 2.81. The summed E-state index contributed by atoms with van der Waals surface area (Å²) in [7, 11) is 0. The molecule has 2 heterocycles. The molecule has 42 heavy (non-hydrogen) atoms. The van der Waals surface area contributed by atoms with E-state index in [-0.39, 0.29) is 22.9 Å². The Labute approximate surface area is 249 Å². The molecule has 0 unspecified atom stereocenters. The average Bonchev–Trinajstić information content (AvgIpc) is 3.58. The number of ether oxygens (including phenoxy) is 2. The fraction of sp³-hybridized carbons (Fsp3) is 0.433. The summed E-state index contributed by atoms with van der Waals surface area (Å²) < 4.78 is 11.1. The van der Waals surface area contributed by atoms with Crippen LogP contribution in [0.4, 0.5) is 5.69 Å². The second kappa shape index (κ2) is 14.3. The maximum Gasteiger partial charge on any atom is 0.310 e. The summed E-state index contributed by atoms with van der Waals surface area (Å²) >= 11 is 6.17. The molecule has 224 valence electrons. The van der Waals surface area contributed by atoms with Crippen LogP contribution in [-0.2, 0) is 35.1 Å². The number of carbonyl (C=O) groups is 5. The lowest BCUT2D eigenvalue weighted by Crippen LogP contribution is -2.54. The molecule has 11 nitrogen and oxygen atoms in total. The molecule has 4 atom stereocenters. The maximum absolute atomic E-state index is 13.3. The van der Waals surface area contributed by atoms with Gasteiger partial charge in [0.2, 0.25) is 24.0 Å². The monoisotopic (exact) mass is 598 g/mol. The van der Waals surface area contributed by atoms with Gasteiger partial charge in [-0.2, -0.15) is 0 Å². The zero-order valence-corrected chi connectivity index (χ0v) is 24.3. The molecular weight excluding hydrogens is 564 g/mol. The Hall–Kier alpha value is -3.96. The van der Waals surface area contributed by atoms with Crippen LogP contribution in [0.5, 0.6) is 0 Å². The second-order valence-corrected chi connectivity index (χ2v) is 10.8. The number of anilines is 1. The molecule has 0 bridgehead atoms. The standard InChI is InChI=1S/C30H35ClN4O7/c1-18(32-27(38)21-12-13-23(22(31)16-21)33-19(2)36)29(40)35-14-6-11-25(35)28(39)34-24-17-26(37)42-30(24)41-15-7-10-20-8-4-3-5-9-20/h3-5,8-9,12-13,16,18,24-25,30H,6-7,10-11,14-15,17H2,1-2H3,(H,32,38)(H,33,36)(H,34,39)/t18-,24-,25-,30+/m0/s1. The number of hydrogen-bond donors (Lipinski definition) is 3. The highest BCUT2D eigenvalue weighted by Crippen LogP contribution is 2.24. The van der Waals surface area contributed by atoms with Gasteiger partial charge in [-0.15, -0.1) is 0 Å². The first-order valence-electron chi connectivity index (χ1n) is 14.0. The molecular formula is C30H35ClN4O7. The quantitative estimate of drug-likeness (QED) is 0.267. The molecule has 12 heteroatoms. The molecule has 2 aromatic rings. The highest BCUT2D eigenvalue weighted by Gasteiger charge is 2.41. The minimum absolute atomic E-state index is 0.0223. The van der Waals surface area contributed by atoms with Crippen molar-refractivity contribution in [3.63, 3.8) is 0 Å². The molecule has 0 aromatic heterocycles. The normalized spacial score (nSPS) is 20.5. The lowest BCUT2D eigenvalue weighted by Gasteiger charge is -2.28. The summed E-state index contributed by atoms with van der Waals surface area (Å²) in [6.07, 6.45) is 1.67. The maximum atomic E-state index is 13.3. The fourth-order valence-corrected chi connectivity index (χ4v) is 5.27. The van der Waals surface area contributed by atoms with E-state index in [1.807, 2.05) is 30.3 Å². The average molecular weight is 599 g/mol. The van der Waals surface area contributed by atoms with Gasteiger partial charge in [-0.05, 0) is 56.4 Å². The van der Waals surface area contributed by atoms with E-state index in [0.717, 1.165) is 12.8 Å². The Balaban J connectivity index is 1.29. The highest BCUT2D eigenvalue weighted by molar-refractivity contribution is 6.34. The zero-order valence-electron chi connectivity index (χ0n) is 23.6. The van der Waals surface area contributed by atoms with Crippen LogP contribution >= 0.6 is 11.6 Å². The third-order valence-corrected chi connectivity index (χ3v) is 7.44. The van der Waals surface area contributed by atoms with Crippen LogP contribution in [-0.4, -0.2) is 72.1 Å². The molecule has 2 aromatic carbocycles. The molecule has 2 saturated heterocycles. The largest absolute Gasteiger partial charge is 0.433 e.